The lowest BCUT2D eigenvalue weighted by molar-refractivity contribution is 0.825. The Morgan fingerprint density at radius 3 is 2.65 bits per heavy atom. The maximum atomic E-state index is 4.65. The maximum Gasteiger partial charge on any atom is 0.180 e. The fraction of sp³-hybridized carbons (Fsp3) is 0.467. The quantitative estimate of drug-likeness (QED) is 0.904. The summed E-state index contributed by atoms with van der Waals surface area (Å²) in [5.74, 6) is 1.95. The molecule has 2 aromatic rings. The number of aryl methyl sites for hydroxylation is 1. The van der Waals surface area contributed by atoms with Gasteiger partial charge in [0.1, 0.15) is 17.8 Å². The number of nitrogens with zero attached hydrogens (tertiary/aromatic N) is 4. The van der Waals surface area contributed by atoms with Gasteiger partial charge < -0.3 is 5.32 Å². The lowest BCUT2D eigenvalue weighted by atomic mass is 10.0. The van der Waals surface area contributed by atoms with Gasteiger partial charge in [-0.25, -0.2) is 19.9 Å². The van der Waals surface area contributed by atoms with Crippen molar-refractivity contribution in [3.8, 4) is 11.5 Å². The van der Waals surface area contributed by atoms with Crippen molar-refractivity contribution in [2.75, 3.05) is 11.9 Å². The maximum absolute atomic E-state index is 4.65. The van der Waals surface area contributed by atoms with Crippen LogP contribution in [-0.2, 0) is 0 Å². The third-order valence-electron chi connectivity index (χ3n) is 3.07. The van der Waals surface area contributed by atoms with Crippen molar-refractivity contribution in [1.82, 2.24) is 19.9 Å². The van der Waals surface area contributed by atoms with Crippen LogP contribution in [0.3, 0.4) is 0 Å². The average Bonchev–Trinajstić information content (AvgIpc) is 2.45. The molecule has 20 heavy (non-hydrogen) atoms. The molecule has 0 aliphatic carbocycles. The van der Waals surface area contributed by atoms with Crippen molar-refractivity contribution in [2.24, 2.45) is 0 Å². The van der Waals surface area contributed by atoms with Crippen LogP contribution in [0.4, 0.5) is 5.82 Å². The van der Waals surface area contributed by atoms with Gasteiger partial charge in [-0.3, -0.25) is 0 Å². The second-order valence-corrected chi connectivity index (χ2v) is 5.07. The van der Waals surface area contributed by atoms with Gasteiger partial charge in [0, 0.05) is 24.0 Å². The van der Waals surface area contributed by atoms with Crippen molar-refractivity contribution >= 4 is 5.82 Å². The van der Waals surface area contributed by atoms with E-state index in [1.165, 1.54) is 11.9 Å². The fourth-order valence-corrected chi connectivity index (χ4v) is 2.19. The van der Waals surface area contributed by atoms with Crippen LogP contribution < -0.4 is 5.32 Å². The third kappa shape index (κ3) is 3.10. The van der Waals surface area contributed by atoms with Gasteiger partial charge in [0.05, 0.1) is 0 Å². The summed E-state index contributed by atoms with van der Waals surface area (Å²) in [6.45, 7) is 9.39. The fourth-order valence-electron chi connectivity index (χ4n) is 2.19. The van der Waals surface area contributed by atoms with Crippen LogP contribution in [0.25, 0.3) is 11.5 Å². The van der Waals surface area contributed by atoms with E-state index in [1.807, 2.05) is 13.0 Å². The summed E-state index contributed by atoms with van der Waals surface area (Å²) in [4.78, 5) is 17.4. The van der Waals surface area contributed by atoms with Crippen molar-refractivity contribution in [3.05, 3.63) is 29.8 Å². The molecule has 0 bridgehead atoms. The Kier molecular flexibility index (Phi) is 4.61. The molecule has 1 N–H and O–H groups in total. The average molecular weight is 271 g/mol. The van der Waals surface area contributed by atoms with Gasteiger partial charge in [-0.1, -0.05) is 20.8 Å². The molecule has 0 aliphatic rings. The molecule has 2 heterocycles. The topological polar surface area (TPSA) is 63.6 Å². The zero-order valence-electron chi connectivity index (χ0n) is 12.5. The minimum atomic E-state index is 0.383. The molecular weight excluding hydrogens is 250 g/mol. The predicted molar refractivity (Wildman–Crippen MR) is 80.7 cm³/mol. The van der Waals surface area contributed by atoms with Crippen LogP contribution in [0.5, 0.6) is 0 Å². The summed E-state index contributed by atoms with van der Waals surface area (Å²) in [5, 5.41) is 3.40. The molecule has 2 aromatic heterocycles. The van der Waals surface area contributed by atoms with Crippen LogP contribution in [0.15, 0.2) is 18.6 Å². The first-order valence-corrected chi connectivity index (χ1v) is 7.02. The minimum absolute atomic E-state index is 0.383. The van der Waals surface area contributed by atoms with Crippen LogP contribution >= 0.6 is 0 Å². The highest BCUT2D eigenvalue weighted by Crippen LogP contribution is 2.27. The lowest BCUT2D eigenvalue weighted by Crippen LogP contribution is -2.11. The van der Waals surface area contributed by atoms with Crippen LogP contribution in [0, 0.1) is 6.92 Å². The van der Waals surface area contributed by atoms with Crippen molar-refractivity contribution < 1.29 is 0 Å². The molecule has 0 radical (unpaired) electrons. The van der Waals surface area contributed by atoms with Crippen molar-refractivity contribution in [1.29, 1.82) is 0 Å². The zero-order valence-corrected chi connectivity index (χ0v) is 12.5. The minimum Gasteiger partial charge on any atom is -0.370 e. The molecule has 5 nitrogen and oxygen atoms in total. The SMILES string of the molecule is CCCNc1nc(-c2ccncn2)nc(C)c1C(C)C. The molecule has 0 atom stereocenters. The molecule has 0 spiro atoms. The molecule has 0 saturated carbocycles. The van der Waals surface area contributed by atoms with Gasteiger partial charge in [-0.2, -0.15) is 0 Å². The highest BCUT2D eigenvalue weighted by molar-refractivity contribution is 5.57. The van der Waals surface area contributed by atoms with Crippen molar-refractivity contribution in [3.63, 3.8) is 0 Å². The van der Waals surface area contributed by atoms with Gasteiger partial charge in [0.2, 0.25) is 0 Å². The first-order valence-electron chi connectivity index (χ1n) is 7.02. The molecule has 0 fully saturated rings. The Hall–Kier alpha value is -2.04. The summed E-state index contributed by atoms with van der Waals surface area (Å²) in [5.41, 5.74) is 2.93. The molecular formula is C15H21N5. The van der Waals surface area contributed by atoms with E-state index in [9.17, 15) is 0 Å². The third-order valence-corrected chi connectivity index (χ3v) is 3.07. The Bertz CT molecular complexity index is 566. The van der Waals surface area contributed by atoms with Gasteiger partial charge >= 0.3 is 0 Å². The highest BCUT2D eigenvalue weighted by Gasteiger charge is 2.15. The van der Waals surface area contributed by atoms with Crippen LogP contribution in [0.1, 0.15) is 44.4 Å². The van der Waals surface area contributed by atoms with E-state index in [1.54, 1.807) is 6.20 Å². The molecule has 0 unspecified atom stereocenters. The summed E-state index contributed by atoms with van der Waals surface area (Å²) >= 11 is 0. The highest BCUT2D eigenvalue weighted by atomic mass is 15.0. The molecule has 0 aromatic carbocycles. The Labute approximate surface area is 119 Å². The number of nitrogens with one attached hydrogen (secondary N) is 1. The van der Waals surface area contributed by atoms with Gasteiger partial charge in [-0.05, 0) is 25.3 Å². The van der Waals surface area contributed by atoms with Gasteiger partial charge in [0.25, 0.3) is 0 Å². The molecule has 106 valence electrons. The Morgan fingerprint density at radius 2 is 2.05 bits per heavy atom. The summed E-state index contributed by atoms with van der Waals surface area (Å²) in [6, 6.07) is 1.83. The Morgan fingerprint density at radius 1 is 1.25 bits per heavy atom. The predicted octanol–water partition coefficient (Wildman–Crippen LogP) is 3.19. The van der Waals surface area contributed by atoms with E-state index in [0.717, 1.165) is 30.2 Å². The van der Waals surface area contributed by atoms with Crippen LogP contribution in [-0.4, -0.2) is 26.5 Å². The number of anilines is 1. The standard InChI is InChI=1S/C15H21N5/c1-5-7-17-15-13(10(2)3)11(4)19-14(20-15)12-6-8-16-9-18-12/h6,8-10H,5,7H2,1-4H3,(H,17,19,20). The molecule has 2 rings (SSSR count). The number of rotatable bonds is 5. The van der Waals surface area contributed by atoms with Crippen LogP contribution in [0.2, 0.25) is 0 Å². The Balaban J connectivity index is 2.49. The monoisotopic (exact) mass is 271 g/mol. The first kappa shape index (κ1) is 14.4. The second kappa shape index (κ2) is 6.41. The number of aromatic nitrogens is 4. The van der Waals surface area contributed by atoms with E-state index in [-0.39, 0.29) is 0 Å². The van der Waals surface area contributed by atoms with E-state index < -0.39 is 0 Å². The molecule has 0 amide bonds. The largest absolute Gasteiger partial charge is 0.370 e. The van der Waals surface area contributed by atoms with E-state index in [0.29, 0.717) is 11.7 Å². The van der Waals surface area contributed by atoms with Crippen molar-refractivity contribution in [2.45, 2.75) is 40.0 Å². The van der Waals surface area contributed by atoms with Gasteiger partial charge in [-0.15, -0.1) is 0 Å². The summed E-state index contributed by atoms with van der Waals surface area (Å²) < 4.78 is 0. The summed E-state index contributed by atoms with van der Waals surface area (Å²) in [6.07, 6.45) is 4.28. The normalized spacial score (nSPS) is 10.8. The second-order valence-electron chi connectivity index (χ2n) is 5.07. The lowest BCUT2D eigenvalue weighted by Gasteiger charge is -2.16. The first-order chi connectivity index (χ1) is 9.63. The number of hydrogen-bond acceptors (Lipinski definition) is 5. The zero-order chi connectivity index (χ0) is 14.5. The molecule has 0 saturated heterocycles. The smallest absolute Gasteiger partial charge is 0.180 e. The van der Waals surface area contributed by atoms with E-state index in [2.05, 4.69) is 46.0 Å². The summed E-state index contributed by atoms with van der Waals surface area (Å²) in [7, 11) is 0. The van der Waals surface area contributed by atoms with E-state index >= 15 is 0 Å². The molecule has 5 heteroatoms. The van der Waals surface area contributed by atoms with Gasteiger partial charge in [0.15, 0.2) is 5.82 Å². The molecule has 0 aliphatic heterocycles. The van der Waals surface area contributed by atoms with E-state index in [4.69, 9.17) is 0 Å². The number of hydrogen-bond donors (Lipinski definition) is 1.